The molecular weight excluding hydrogens is 429 g/mol. The molecular formula is C19H19F4NO2Se. The maximum atomic E-state index is 13.4. The van der Waals surface area contributed by atoms with Crippen molar-refractivity contribution in [2.45, 2.75) is 30.4 Å². The van der Waals surface area contributed by atoms with E-state index in [0.717, 1.165) is 10.5 Å². The second kappa shape index (κ2) is 8.87. The normalized spacial score (nSPS) is 13.3. The zero-order valence-corrected chi connectivity index (χ0v) is 16.4. The fourth-order valence-electron chi connectivity index (χ4n) is 2.26. The van der Waals surface area contributed by atoms with E-state index in [2.05, 4.69) is 5.32 Å². The number of carbonyl (C=O) groups excluding carboxylic acids is 1. The van der Waals surface area contributed by atoms with Crippen molar-refractivity contribution in [3.05, 3.63) is 60.4 Å². The van der Waals surface area contributed by atoms with E-state index in [0.29, 0.717) is 0 Å². The average Bonchev–Trinajstić information content (AvgIpc) is 2.58. The van der Waals surface area contributed by atoms with E-state index in [9.17, 15) is 22.4 Å². The Hall–Kier alpha value is -1.89. The van der Waals surface area contributed by atoms with Crippen LogP contribution in [0, 0.1) is 5.82 Å². The summed E-state index contributed by atoms with van der Waals surface area (Å²) in [6.45, 7) is 1.47. The van der Waals surface area contributed by atoms with Crippen molar-refractivity contribution in [3.63, 3.8) is 0 Å². The summed E-state index contributed by atoms with van der Waals surface area (Å²) in [7, 11) is 0. The van der Waals surface area contributed by atoms with Crippen LogP contribution in [0.25, 0.3) is 0 Å². The van der Waals surface area contributed by atoms with E-state index in [1.54, 1.807) is 12.1 Å². The molecule has 0 aromatic heterocycles. The van der Waals surface area contributed by atoms with E-state index in [1.807, 2.05) is 18.2 Å². The number of ether oxygens (including phenoxy) is 1. The molecule has 0 aliphatic carbocycles. The van der Waals surface area contributed by atoms with Crippen LogP contribution in [0.2, 0.25) is 4.82 Å². The molecule has 0 fully saturated rings. The minimum atomic E-state index is -4.50. The molecule has 8 heteroatoms. The molecule has 2 rings (SSSR count). The molecule has 146 valence electrons. The fraction of sp³-hybridized carbons (Fsp3) is 0.316. The summed E-state index contributed by atoms with van der Waals surface area (Å²) in [5, 5.41) is 2.58. The number of nitrogens with one attached hydrogen (secondary N) is 1. The van der Waals surface area contributed by atoms with Gasteiger partial charge in [0.2, 0.25) is 0 Å². The van der Waals surface area contributed by atoms with Crippen molar-refractivity contribution in [2.24, 2.45) is 0 Å². The third-order valence-electron chi connectivity index (χ3n) is 3.57. The van der Waals surface area contributed by atoms with Gasteiger partial charge in [-0.1, -0.05) is 0 Å². The average molecular weight is 448 g/mol. The quantitative estimate of drug-likeness (QED) is 0.515. The third-order valence-corrected chi connectivity index (χ3v) is 6.84. The molecule has 0 aliphatic rings. The van der Waals surface area contributed by atoms with Crippen LogP contribution in [0.3, 0.4) is 0 Å². The molecule has 0 heterocycles. The molecule has 0 saturated carbocycles. The standard InChI is InChI=1S/C19H19F4NO2Se/c1-18(2,26-12-19(21,22)23)16(27-15-9-4-3-5-10-15)17(25)24-14-8-6-7-13(20)11-14/h3-11,16H,12H2,1-2H3,(H,24,25). The first-order valence-electron chi connectivity index (χ1n) is 8.06. The van der Waals surface area contributed by atoms with Gasteiger partial charge in [0.1, 0.15) is 0 Å². The van der Waals surface area contributed by atoms with Gasteiger partial charge in [-0.25, -0.2) is 0 Å². The molecule has 27 heavy (non-hydrogen) atoms. The van der Waals surface area contributed by atoms with Crippen LogP contribution in [0.4, 0.5) is 23.2 Å². The van der Waals surface area contributed by atoms with E-state index in [-0.39, 0.29) is 5.69 Å². The zero-order valence-electron chi connectivity index (χ0n) is 14.7. The molecule has 1 atom stereocenters. The summed E-state index contributed by atoms with van der Waals surface area (Å²) in [5.74, 6) is -1.04. The summed E-state index contributed by atoms with van der Waals surface area (Å²) < 4.78 is 57.1. The Bertz CT molecular complexity index is 766. The molecule has 1 unspecified atom stereocenters. The molecule has 2 aromatic rings. The van der Waals surface area contributed by atoms with Crippen LogP contribution in [0.5, 0.6) is 0 Å². The predicted octanol–water partition coefficient (Wildman–Crippen LogP) is 3.94. The first kappa shape index (κ1) is 21.4. The Morgan fingerprint density at radius 1 is 1.11 bits per heavy atom. The number of hydrogen-bond acceptors (Lipinski definition) is 2. The van der Waals surface area contributed by atoms with Crippen LogP contribution in [-0.2, 0) is 9.53 Å². The number of hydrogen-bond donors (Lipinski definition) is 1. The minimum absolute atomic E-state index is 0.237. The Balaban J connectivity index is 2.23. The van der Waals surface area contributed by atoms with Gasteiger partial charge in [-0.05, 0) is 0 Å². The van der Waals surface area contributed by atoms with Crippen LogP contribution >= 0.6 is 0 Å². The van der Waals surface area contributed by atoms with Crippen LogP contribution in [0.15, 0.2) is 54.6 Å². The summed E-state index contributed by atoms with van der Waals surface area (Å²) in [6, 6.07) is 14.3. The van der Waals surface area contributed by atoms with E-state index in [4.69, 9.17) is 4.74 Å². The van der Waals surface area contributed by atoms with Gasteiger partial charge in [0.25, 0.3) is 0 Å². The molecule has 0 saturated heterocycles. The summed E-state index contributed by atoms with van der Waals surface area (Å²) in [5.41, 5.74) is -1.14. The van der Waals surface area contributed by atoms with Gasteiger partial charge in [0.15, 0.2) is 0 Å². The van der Waals surface area contributed by atoms with Crippen LogP contribution in [0.1, 0.15) is 13.8 Å². The van der Waals surface area contributed by atoms with Gasteiger partial charge < -0.3 is 0 Å². The van der Waals surface area contributed by atoms with Gasteiger partial charge in [0.05, 0.1) is 0 Å². The van der Waals surface area contributed by atoms with Crippen molar-refractivity contribution < 1.29 is 27.1 Å². The summed E-state index contributed by atoms with van der Waals surface area (Å²) in [6.07, 6.45) is -4.50. The zero-order chi connectivity index (χ0) is 20.1. The molecule has 0 radical (unpaired) electrons. The first-order chi connectivity index (χ1) is 12.6. The van der Waals surface area contributed by atoms with Gasteiger partial charge in [-0.3, -0.25) is 0 Å². The molecule has 0 bridgehead atoms. The van der Waals surface area contributed by atoms with Crippen molar-refractivity contribution >= 4 is 31.0 Å². The maximum absolute atomic E-state index is 13.4. The van der Waals surface area contributed by atoms with Crippen molar-refractivity contribution in [1.29, 1.82) is 0 Å². The van der Waals surface area contributed by atoms with E-state index >= 15 is 0 Å². The van der Waals surface area contributed by atoms with Gasteiger partial charge in [-0.2, -0.15) is 0 Å². The van der Waals surface area contributed by atoms with Gasteiger partial charge in [-0.15, -0.1) is 0 Å². The van der Waals surface area contributed by atoms with E-state index in [1.165, 1.54) is 32.0 Å². The second-order valence-corrected chi connectivity index (χ2v) is 8.79. The number of alkyl halides is 3. The summed E-state index contributed by atoms with van der Waals surface area (Å²) >= 11 is -0.506. The molecule has 0 spiro atoms. The number of amides is 1. The Morgan fingerprint density at radius 2 is 1.78 bits per heavy atom. The monoisotopic (exact) mass is 449 g/mol. The van der Waals surface area contributed by atoms with Crippen molar-refractivity contribution in [3.8, 4) is 0 Å². The van der Waals surface area contributed by atoms with Gasteiger partial charge >= 0.3 is 161 Å². The fourth-order valence-corrected chi connectivity index (χ4v) is 4.58. The van der Waals surface area contributed by atoms with Gasteiger partial charge in [0, 0.05) is 0 Å². The second-order valence-electron chi connectivity index (χ2n) is 6.32. The Kier molecular flexibility index (Phi) is 7.03. The predicted molar refractivity (Wildman–Crippen MR) is 96.7 cm³/mol. The number of anilines is 1. The molecule has 2 aromatic carbocycles. The molecule has 3 nitrogen and oxygen atoms in total. The number of benzene rings is 2. The molecule has 0 aliphatic heterocycles. The molecule has 1 amide bonds. The SMILES string of the molecule is CC(C)(OCC(F)(F)F)C([Se]c1ccccc1)C(=O)Nc1cccc(F)c1. The van der Waals surface area contributed by atoms with Crippen LogP contribution in [-0.4, -0.2) is 39.2 Å². The number of halogens is 4. The summed E-state index contributed by atoms with van der Waals surface area (Å²) in [4.78, 5) is 12.0. The third kappa shape index (κ3) is 6.97. The topological polar surface area (TPSA) is 38.3 Å². The first-order valence-corrected chi connectivity index (χ1v) is 9.90. The Labute approximate surface area is 161 Å². The van der Waals surface area contributed by atoms with Crippen molar-refractivity contribution in [2.75, 3.05) is 11.9 Å². The van der Waals surface area contributed by atoms with Crippen molar-refractivity contribution in [1.82, 2.24) is 0 Å². The Morgan fingerprint density at radius 3 is 2.37 bits per heavy atom. The number of carbonyl (C=O) groups is 1. The van der Waals surface area contributed by atoms with Crippen LogP contribution < -0.4 is 9.78 Å². The molecule has 1 N–H and O–H groups in total. The number of rotatable bonds is 7. The van der Waals surface area contributed by atoms with E-state index < -0.39 is 49.9 Å².